The number of hydrogen-bond acceptors (Lipinski definition) is 6. The zero-order chi connectivity index (χ0) is 36.3. The molecule has 0 amide bonds. The highest BCUT2D eigenvalue weighted by Crippen LogP contribution is 2.50. The third-order valence-electron chi connectivity index (χ3n) is 14.6. The van der Waals surface area contributed by atoms with Gasteiger partial charge in [-0.3, -0.25) is 15.3 Å². The maximum absolute atomic E-state index is 14.8. The molecule has 51 heavy (non-hydrogen) atoms. The molecule has 5 rings (SSSR count). The Morgan fingerprint density at radius 3 is 2.43 bits per heavy atom. The molecule has 0 bridgehead atoms. The van der Waals surface area contributed by atoms with Crippen molar-refractivity contribution in [3.05, 3.63) is 0 Å². The first-order valence-electron chi connectivity index (χ1n) is 21.7. The second-order valence-electron chi connectivity index (χ2n) is 18.0. The van der Waals surface area contributed by atoms with Gasteiger partial charge in [0.25, 0.3) is 0 Å². The molecule has 0 spiro atoms. The molecule has 0 aromatic carbocycles. The maximum Gasteiger partial charge on any atom is 0.144 e. The fourth-order valence-corrected chi connectivity index (χ4v) is 12.0. The molecule has 290 valence electrons. The first kappa shape index (κ1) is 40.9. The Labute approximate surface area is 310 Å². The molecule has 4 fully saturated rings. The number of rotatable bonds is 12. The van der Waals surface area contributed by atoms with Crippen molar-refractivity contribution in [1.29, 1.82) is 0 Å². The number of hydrogen-bond donors (Lipinski definition) is 4. The lowest BCUT2D eigenvalue weighted by Crippen LogP contribution is -2.94. The number of Topliss-reactive ketones (excluding diaryl/α,β-unsaturated/α-hetero) is 2. The number of unbranched alkanes of at least 4 members (excludes halogenated alkanes) is 2. The molecule has 3 saturated carbocycles. The highest BCUT2D eigenvalue weighted by Gasteiger charge is 2.47. The van der Waals surface area contributed by atoms with Crippen molar-refractivity contribution in [1.82, 2.24) is 0 Å². The Balaban J connectivity index is 1.60. The van der Waals surface area contributed by atoms with Gasteiger partial charge in [-0.05, 0) is 118 Å². The van der Waals surface area contributed by atoms with Crippen LogP contribution in [0.3, 0.4) is 0 Å². The Morgan fingerprint density at radius 1 is 0.922 bits per heavy atom. The van der Waals surface area contributed by atoms with Crippen molar-refractivity contribution >= 4 is 11.6 Å². The quantitative estimate of drug-likeness (QED) is 0.105. The van der Waals surface area contributed by atoms with Crippen molar-refractivity contribution in [3.8, 4) is 11.8 Å². The minimum absolute atomic E-state index is 0.00909. The smallest absolute Gasteiger partial charge is 0.144 e. The van der Waals surface area contributed by atoms with Crippen LogP contribution in [0.1, 0.15) is 149 Å². The van der Waals surface area contributed by atoms with E-state index in [1.165, 1.54) is 38.5 Å². The van der Waals surface area contributed by atoms with E-state index in [-0.39, 0.29) is 84.2 Å². The Morgan fingerprint density at radius 2 is 1.73 bits per heavy atom. The topological polar surface area (TPSA) is 126 Å². The average Bonchev–Trinajstić information content (AvgIpc) is 3.26. The summed E-state index contributed by atoms with van der Waals surface area (Å²) in [7, 11) is 1.69. The molecule has 1 heterocycles. The molecule has 5 aliphatic rings. The van der Waals surface area contributed by atoms with E-state index in [2.05, 4.69) is 31.0 Å². The van der Waals surface area contributed by atoms with Gasteiger partial charge in [0.15, 0.2) is 0 Å². The van der Waals surface area contributed by atoms with Crippen molar-refractivity contribution in [3.63, 3.8) is 0 Å². The molecule has 13 atom stereocenters. The second-order valence-corrected chi connectivity index (χ2v) is 18.0. The molecule has 1 saturated heterocycles. The SMILES string of the molecule is CCCCCC1C(C(CO)CCC)CC(CC2CC[NH2+]C(N)C2)CC2C#CC(C3CCCCC3)C3CC(O)C(OC)CC3CCC(=O)CC(=O)C21. The molecule has 13 unspecified atom stereocenters. The third-order valence-corrected chi connectivity index (χ3v) is 14.6. The largest absolute Gasteiger partial charge is 0.396 e. The summed E-state index contributed by atoms with van der Waals surface area (Å²) in [4.78, 5) is 28.7. The summed E-state index contributed by atoms with van der Waals surface area (Å²) in [5.74, 6) is 10.5. The van der Waals surface area contributed by atoms with Gasteiger partial charge < -0.3 is 20.3 Å². The first-order chi connectivity index (χ1) is 24.8. The highest BCUT2D eigenvalue weighted by molar-refractivity contribution is 6.00. The van der Waals surface area contributed by atoms with Gasteiger partial charge in [-0.2, -0.15) is 0 Å². The van der Waals surface area contributed by atoms with E-state index in [1.807, 2.05) is 0 Å². The molecular weight excluding hydrogens is 636 g/mol. The van der Waals surface area contributed by atoms with E-state index in [1.54, 1.807) is 7.11 Å². The van der Waals surface area contributed by atoms with E-state index in [0.717, 1.165) is 83.6 Å². The summed E-state index contributed by atoms with van der Waals surface area (Å²) in [6, 6.07) is 0. The number of carbonyl (C=O) groups excluding carboxylic acids is 2. The van der Waals surface area contributed by atoms with E-state index in [9.17, 15) is 19.8 Å². The molecule has 1 aliphatic heterocycles. The minimum Gasteiger partial charge on any atom is -0.396 e. The summed E-state index contributed by atoms with van der Waals surface area (Å²) in [6.45, 7) is 5.69. The molecule has 0 aromatic rings. The lowest BCUT2D eigenvalue weighted by Gasteiger charge is -2.44. The minimum atomic E-state index is -0.513. The Kier molecular flexibility index (Phi) is 16.4. The number of piperidine rings is 1. The molecule has 0 radical (unpaired) electrons. The molecule has 4 aliphatic carbocycles. The van der Waals surface area contributed by atoms with Gasteiger partial charge >= 0.3 is 0 Å². The van der Waals surface area contributed by atoms with Crippen LogP contribution in [0.2, 0.25) is 0 Å². The summed E-state index contributed by atoms with van der Waals surface area (Å²) >= 11 is 0. The number of nitrogens with two attached hydrogens (primary N) is 2. The maximum atomic E-state index is 14.8. The van der Waals surface area contributed by atoms with Crippen LogP contribution in [0.15, 0.2) is 0 Å². The van der Waals surface area contributed by atoms with E-state index in [0.29, 0.717) is 30.6 Å². The number of methoxy groups -OCH3 is 1. The summed E-state index contributed by atoms with van der Waals surface area (Å²) in [6.07, 6.45) is 19.7. The zero-order valence-electron chi connectivity index (χ0n) is 32.6. The van der Waals surface area contributed by atoms with Crippen molar-refractivity contribution in [2.45, 2.75) is 167 Å². The predicted octanol–water partition coefficient (Wildman–Crippen LogP) is 6.42. The van der Waals surface area contributed by atoms with Crippen LogP contribution in [-0.2, 0) is 14.3 Å². The number of carbonyl (C=O) groups is 2. The van der Waals surface area contributed by atoms with Crippen LogP contribution in [0.25, 0.3) is 0 Å². The number of quaternary nitrogens is 1. The number of aliphatic hydroxyl groups excluding tert-OH is 2. The van der Waals surface area contributed by atoms with Gasteiger partial charge in [-0.1, -0.05) is 70.6 Å². The first-order valence-corrected chi connectivity index (χ1v) is 21.7. The van der Waals surface area contributed by atoms with Crippen LogP contribution < -0.4 is 11.1 Å². The average molecular weight is 712 g/mol. The van der Waals surface area contributed by atoms with Crippen molar-refractivity contribution < 1.29 is 29.9 Å². The fourth-order valence-electron chi connectivity index (χ4n) is 12.0. The van der Waals surface area contributed by atoms with Gasteiger partial charge in [0.2, 0.25) is 0 Å². The lowest BCUT2D eigenvalue weighted by atomic mass is 9.62. The van der Waals surface area contributed by atoms with Crippen molar-refractivity contribution in [2.24, 2.45) is 70.8 Å². The zero-order valence-corrected chi connectivity index (χ0v) is 32.6. The van der Waals surface area contributed by atoms with Gasteiger partial charge in [-0.25, -0.2) is 0 Å². The summed E-state index contributed by atoms with van der Waals surface area (Å²) in [5.41, 5.74) is 6.48. The number of aliphatic hydroxyl groups is 2. The van der Waals surface area contributed by atoms with Gasteiger partial charge in [0.1, 0.15) is 17.7 Å². The summed E-state index contributed by atoms with van der Waals surface area (Å²) < 4.78 is 5.77. The van der Waals surface area contributed by atoms with E-state index in [4.69, 9.17) is 10.5 Å². The second kappa shape index (κ2) is 20.4. The monoisotopic (exact) mass is 712 g/mol. The summed E-state index contributed by atoms with van der Waals surface area (Å²) in [5, 5.41) is 24.5. The number of ether oxygens (including phenoxy) is 1. The third kappa shape index (κ3) is 10.9. The van der Waals surface area contributed by atoms with Crippen LogP contribution in [0.4, 0.5) is 0 Å². The Bertz CT molecular complexity index is 1140. The lowest BCUT2D eigenvalue weighted by molar-refractivity contribution is -0.699. The van der Waals surface area contributed by atoms with Gasteiger partial charge in [-0.15, -0.1) is 0 Å². The van der Waals surface area contributed by atoms with Crippen molar-refractivity contribution in [2.75, 3.05) is 20.3 Å². The van der Waals surface area contributed by atoms with Gasteiger partial charge in [0.05, 0.1) is 25.2 Å². The number of ketones is 2. The standard InChI is InChI=1S/C44H74N2O5/c1-4-6-8-14-37-38(34(28-47)11-5-2)23-30(21-29-19-20-46-43(45)24-29)22-33-16-18-36(31-12-9-7-10-13-31)39-27-40(49)42(51-3)25-32(39)15-17-35(48)26-41(50)44(33)37/h29-34,36-40,42-44,46-47,49H,4-15,17,19-28,45H2,1-3H3/p+1. The van der Waals surface area contributed by atoms with Crippen LogP contribution >= 0.6 is 0 Å². The number of fused-ring (bicyclic) bond motifs is 2. The predicted molar refractivity (Wildman–Crippen MR) is 203 cm³/mol. The van der Waals surface area contributed by atoms with Crippen LogP contribution in [0.5, 0.6) is 0 Å². The fraction of sp³-hybridized carbons (Fsp3) is 0.909. The van der Waals surface area contributed by atoms with E-state index >= 15 is 0 Å². The molecule has 7 nitrogen and oxygen atoms in total. The molecule has 0 aromatic heterocycles. The van der Waals surface area contributed by atoms with E-state index < -0.39 is 6.10 Å². The molecular formula is C44H75N2O5+. The highest BCUT2D eigenvalue weighted by atomic mass is 16.5. The molecule has 7 heteroatoms. The molecule has 6 N–H and O–H groups in total. The van der Waals surface area contributed by atoms with Crippen LogP contribution in [-0.4, -0.2) is 60.4 Å². The van der Waals surface area contributed by atoms with Crippen LogP contribution in [0, 0.1) is 76.9 Å². The Hall–Kier alpha value is -1.30. The normalized spacial score (nSPS) is 39.3. The van der Waals surface area contributed by atoms with Gasteiger partial charge in [0, 0.05) is 44.3 Å².